The third kappa shape index (κ3) is 4.07. The summed E-state index contributed by atoms with van der Waals surface area (Å²) in [5.41, 5.74) is 1.87. The number of hydrogen-bond donors (Lipinski definition) is 1. The van der Waals surface area contributed by atoms with Gasteiger partial charge in [-0.15, -0.1) is 0 Å². The molecule has 29 heavy (non-hydrogen) atoms. The van der Waals surface area contributed by atoms with Crippen LogP contribution in [0.4, 0.5) is 4.39 Å². The summed E-state index contributed by atoms with van der Waals surface area (Å²) in [5.74, 6) is 1.02. The minimum atomic E-state index is -0.199. The molecule has 0 radical (unpaired) electrons. The van der Waals surface area contributed by atoms with Crippen molar-refractivity contribution in [2.24, 2.45) is 5.41 Å². The van der Waals surface area contributed by atoms with Crippen LogP contribution in [-0.2, 0) is 14.9 Å². The second-order valence-corrected chi connectivity index (χ2v) is 9.03. The molecule has 1 heterocycles. The van der Waals surface area contributed by atoms with E-state index in [0.717, 1.165) is 63.9 Å². The van der Waals surface area contributed by atoms with Crippen LogP contribution in [0.1, 0.15) is 63.9 Å². The van der Waals surface area contributed by atoms with Crippen molar-refractivity contribution in [1.29, 1.82) is 0 Å². The molecule has 2 bridgehead atoms. The molecule has 1 amide bonds. The molecule has 3 aliphatic rings. The molecule has 1 aromatic carbocycles. The number of carbonyl (C=O) groups is 1. The number of carbonyl (C=O) groups excluding carboxylic acids is 1. The molecule has 2 aliphatic carbocycles. The minimum Gasteiger partial charge on any atom is -0.489 e. The average molecular weight is 402 g/mol. The van der Waals surface area contributed by atoms with Crippen LogP contribution in [0.15, 0.2) is 36.2 Å². The van der Waals surface area contributed by atoms with Crippen molar-refractivity contribution >= 4 is 5.91 Å². The number of ether oxygens (including phenoxy) is 2. The van der Waals surface area contributed by atoms with E-state index in [1.165, 1.54) is 5.56 Å². The zero-order chi connectivity index (χ0) is 20.3. The molecule has 5 heteroatoms. The van der Waals surface area contributed by atoms with E-state index < -0.39 is 0 Å². The summed E-state index contributed by atoms with van der Waals surface area (Å²) in [4.78, 5) is 13.1. The molecule has 0 aromatic heterocycles. The van der Waals surface area contributed by atoms with Crippen LogP contribution in [0.25, 0.3) is 0 Å². The van der Waals surface area contributed by atoms with Crippen LogP contribution in [-0.4, -0.2) is 31.8 Å². The molecule has 158 valence electrons. The van der Waals surface area contributed by atoms with Crippen LogP contribution in [0.2, 0.25) is 0 Å². The third-order valence-electron chi connectivity index (χ3n) is 7.38. The summed E-state index contributed by atoms with van der Waals surface area (Å²) in [6.45, 7) is 3.70. The Morgan fingerprint density at radius 1 is 1.21 bits per heavy atom. The van der Waals surface area contributed by atoms with Gasteiger partial charge in [0.15, 0.2) is 0 Å². The zero-order valence-electron chi connectivity index (χ0n) is 17.3. The number of hydrogen-bond acceptors (Lipinski definition) is 3. The maximum Gasteiger partial charge on any atom is 0.226 e. The standard InChI is InChI=1S/C24H32FNO3/c1-2-18(15-25)16-29-21-5-3-19(4-6-21)23-9-11-24(17-23,12-10-23)22(27)26-20-7-13-28-14-8-20/h3-6,15,20H,2,7-14,16-17H2,1H3,(H,26,27)/b18-15+. The molecule has 1 aliphatic heterocycles. The van der Waals surface area contributed by atoms with Crippen LogP contribution in [0, 0.1) is 5.41 Å². The van der Waals surface area contributed by atoms with Crippen molar-refractivity contribution in [2.75, 3.05) is 19.8 Å². The highest BCUT2D eigenvalue weighted by molar-refractivity contribution is 5.84. The van der Waals surface area contributed by atoms with Crippen molar-refractivity contribution in [3.05, 3.63) is 41.7 Å². The molecule has 1 saturated heterocycles. The van der Waals surface area contributed by atoms with Crippen LogP contribution in [0.5, 0.6) is 5.75 Å². The Bertz CT molecular complexity index is 744. The van der Waals surface area contributed by atoms with Gasteiger partial charge in [-0.3, -0.25) is 4.79 Å². The van der Waals surface area contributed by atoms with Gasteiger partial charge in [0.05, 0.1) is 11.7 Å². The molecule has 4 rings (SSSR count). The van der Waals surface area contributed by atoms with Gasteiger partial charge in [0.2, 0.25) is 5.91 Å². The quantitative estimate of drug-likeness (QED) is 0.712. The molecule has 0 spiro atoms. The second kappa shape index (κ2) is 8.47. The van der Waals surface area contributed by atoms with Gasteiger partial charge < -0.3 is 14.8 Å². The lowest BCUT2D eigenvalue weighted by atomic mass is 9.77. The monoisotopic (exact) mass is 401 g/mol. The Balaban J connectivity index is 1.39. The Hall–Kier alpha value is -1.88. The lowest BCUT2D eigenvalue weighted by Crippen LogP contribution is -2.45. The molecule has 3 fully saturated rings. The van der Waals surface area contributed by atoms with E-state index in [1.54, 1.807) is 0 Å². The topological polar surface area (TPSA) is 47.6 Å². The molecule has 1 aromatic rings. The van der Waals surface area contributed by atoms with E-state index in [0.29, 0.717) is 18.3 Å². The lowest BCUT2D eigenvalue weighted by Gasteiger charge is -2.30. The molecule has 4 nitrogen and oxygen atoms in total. The lowest BCUT2D eigenvalue weighted by molar-refractivity contribution is -0.132. The number of halogens is 1. The second-order valence-electron chi connectivity index (χ2n) is 9.03. The van der Waals surface area contributed by atoms with E-state index in [2.05, 4.69) is 17.4 Å². The van der Waals surface area contributed by atoms with Gasteiger partial charge in [0.25, 0.3) is 0 Å². The summed E-state index contributed by atoms with van der Waals surface area (Å²) < 4.78 is 23.8. The number of rotatable bonds is 7. The van der Waals surface area contributed by atoms with Crippen molar-refractivity contribution in [3.8, 4) is 5.75 Å². The van der Waals surface area contributed by atoms with Gasteiger partial charge in [-0.1, -0.05) is 19.1 Å². The minimum absolute atomic E-state index is 0.110. The van der Waals surface area contributed by atoms with Gasteiger partial charge in [0.1, 0.15) is 12.4 Å². The smallest absolute Gasteiger partial charge is 0.226 e. The van der Waals surface area contributed by atoms with E-state index in [-0.39, 0.29) is 29.4 Å². The van der Waals surface area contributed by atoms with Gasteiger partial charge in [0, 0.05) is 19.3 Å². The SMILES string of the molecule is CC/C(=C\F)COc1ccc(C23CCC(C(=O)NC4CCOCC4)(CC2)C3)cc1. The van der Waals surface area contributed by atoms with Crippen molar-refractivity contribution < 1.29 is 18.7 Å². The van der Waals surface area contributed by atoms with Crippen molar-refractivity contribution in [2.45, 2.75) is 69.7 Å². The summed E-state index contributed by atoms with van der Waals surface area (Å²) in [5, 5.41) is 3.32. The normalized spacial score (nSPS) is 29.8. The van der Waals surface area contributed by atoms with Crippen molar-refractivity contribution in [3.63, 3.8) is 0 Å². The van der Waals surface area contributed by atoms with E-state index >= 15 is 0 Å². The predicted molar refractivity (Wildman–Crippen MR) is 111 cm³/mol. The van der Waals surface area contributed by atoms with Crippen LogP contribution >= 0.6 is 0 Å². The molecular formula is C24H32FNO3. The Morgan fingerprint density at radius 3 is 2.52 bits per heavy atom. The van der Waals surface area contributed by atoms with E-state index in [1.807, 2.05) is 19.1 Å². The number of fused-ring (bicyclic) bond motifs is 2. The highest BCUT2D eigenvalue weighted by Gasteiger charge is 2.58. The number of benzene rings is 1. The first-order chi connectivity index (χ1) is 14.1. The fourth-order valence-electron chi connectivity index (χ4n) is 5.38. The first-order valence-electron chi connectivity index (χ1n) is 11.0. The molecule has 0 unspecified atom stereocenters. The molecule has 0 atom stereocenters. The van der Waals surface area contributed by atoms with Gasteiger partial charge in [-0.25, -0.2) is 4.39 Å². The zero-order valence-corrected chi connectivity index (χ0v) is 17.3. The first kappa shape index (κ1) is 20.4. The maximum absolute atomic E-state index is 13.1. The van der Waals surface area contributed by atoms with E-state index in [4.69, 9.17) is 9.47 Å². The molecule has 1 N–H and O–H groups in total. The van der Waals surface area contributed by atoms with Crippen molar-refractivity contribution in [1.82, 2.24) is 5.32 Å². The predicted octanol–water partition coefficient (Wildman–Crippen LogP) is 4.83. The van der Waals surface area contributed by atoms with Gasteiger partial charge in [-0.2, -0.15) is 0 Å². The summed E-state index contributed by atoms with van der Waals surface area (Å²) >= 11 is 0. The highest BCUT2D eigenvalue weighted by atomic mass is 19.1. The molecular weight excluding hydrogens is 369 g/mol. The highest BCUT2D eigenvalue weighted by Crippen LogP contribution is 2.62. The Labute approximate surface area is 172 Å². The van der Waals surface area contributed by atoms with Gasteiger partial charge >= 0.3 is 0 Å². The summed E-state index contributed by atoms with van der Waals surface area (Å²) in [6.07, 6.45) is 8.16. The largest absolute Gasteiger partial charge is 0.489 e. The third-order valence-corrected chi connectivity index (χ3v) is 7.38. The van der Waals surface area contributed by atoms with Crippen LogP contribution in [0.3, 0.4) is 0 Å². The van der Waals surface area contributed by atoms with Gasteiger partial charge in [-0.05, 0) is 80.1 Å². The maximum atomic E-state index is 13.1. The number of amides is 1. The molecule has 2 saturated carbocycles. The first-order valence-corrected chi connectivity index (χ1v) is 11.0. The van der Waals surface area contributed by atoms with E-state index in [9.17, 15) is 9.18 Å². The Kier molecular flexibility index (Phi) is 5.95. The average Bonchev–Trinajstić information content (AvgIpc) is 3.35. The number of nitrogens with one attached hydrogen (secondary N) is 1. The fourth-order valence-corrected chi connectivity index (χ4v) is 5.38. The summed E-state index contributed by atoms with van der Waals surface area (Å²) in [6, 6.07) is 8.51. The Morgan fingerprint density at radius 2 is 1.90 bits per heavy atom. The van der Waals surface area contributed by atoms with Crippen LogP contribution < -0.4 is 10.1 Å². The fraction of sp³-hybridized carbons (Fsp3) is 0.625. The summed E-state index contributed by atoms with van der Waals surface area (Å²) in [7, 11) is 0.